The van der Waals surface area contributed by atoms with E-state index in [1.807, 2.05) is 16.4 Å². The number of benzene rings is 1. The molecule has 1 aromatic carbocycles. The summed E-state index contributed by atoms with van der Waals surface area (Å²) in [7, 11) is 0. The normalized spacial score (nSPS) is 17.6. The number of thiazole rings is 1. The monoisotopic (exact) mass is 453 g/mol. The predicted molar refractivity (Wildman–Crippen MR) is 119 cm³/mol. The Morgan fingerprint density at radius 1 is 1.33 bits per heavy atom. The Kier molecular flexibility index (Phi) is 8.47. The highest BCUT2D eigenvalue weighted by molar-refractivity contribution is 8.00. The SMILES string of the molecule is CCOCCn1c(=NC(=O)CSCC(=O)N2CCCCC2C)sc2cc(F)ccc21. The Hall–Kier alpha value is -1.71. The summed E-state index contributed by atoms with van der Waals surface area (Å²) in [6.45, 7) is 6.42. The molecule has 0 spiro atoms. The van der Waals surface area contributed by atoms with Gasteiger partial charge in [-0.1, -0.05) is 11.3 Å². The Morgan fingerprint density at radius 2 is 2.17 bits per heavy atom. The first-order chi connectivity index (χ1) is 14.5. The minimum atomic E-state index is -0.320. The van der Waals surface area contributed by atoms with Gasteiger partial charge >= 0.3 is 0 Å². The first kappa shape index (κ1) is 23.0. The van der Waals surface area contributed by atoms with Gasteiger partial charge in [0.25, 0.3) is 5.91 Å². The summed E-state index contributed by atoms with van der Waals surface area (Å²) in [4.78, 5) is 31.5. The molecule has 0 aliphatic carbocycles. The summed E-state index contributed by atoms with van der Waals surface area (Å²) < 4.78 is 21.7. The zero-order valence-electron chi connectivity index (χ0n) is 17.4. The lowest BCUT2D eigenvalue weighted by Gasteiger charge is -2.33. The highest BCUT2D eigenvalue weighted by Gasteiger charge is 2.23. The van der Waals surface area contributed by atoms with Crippen molar-refractivity contribution >= 4 is 45.1 Å². The van der Waals surface area contributed by atoms with E-state index in [2.05, 4.69) is 11.9 Å². The van der Waals surface area contributed by atoms with E-state index in [0.29, 0.717) is 24.6 Å². The quantitative estimate of drug-likeness (QED) is 0.575. The van der Waals surface area contributed by atoms with Crippen LogP contribution in [-0.2, 0) is 20.9 Å². The van der Waals surface area contributed by atoms with Crippen LogP contribution in [0.25, 0.3) is 10.2 Å². The number of carbonyl (C=O) groups is 2. The van der Waals surface area contributed by atoms with Crippen LogP contribution in [0.1, 0.15) is 33.1 Å². The number of likely N-dealkylation sites (tertiary alicyclic amines) is 1. The second kappa shape index (κ2) is 11.1. The van der Waals surface area contributed by atoms with E-state index in [4.69, 9.17) is 4.74 Å². The van der Waals surface area contributed by atoms with Crippen LogP contribution in [0.5, 0.6) is 0 Å². The number of hydrogen-bond acceptors (Lipinski definition) is 5. The zero-order valence-corrected chi connectivity index (χ0v) is 19.1. The van der Waals surface area contributed by atoms with Crippen molar-refractivity contribution in [2.75, 3.05) is 31.3 Å². The van der Waals surface area contributed by atoms with E-state index in [-0.39, 0.29) is 35.2 Å². The van der Waals surface area contributed by atoms with Crippen molar-refractivity contribution in [1.82, 2.24) is 9.47 Å². The van der Waals surface area contributed by atoms with Gasteiger partial charge < -0.3 is 14.2 Å². The van der Waals surface area contributed by atoms with Crippen molar-refractivity contribution in [3.63, 3.8) is 0 Å². The minimum Gasteiger partial charge on any atom is -0.380 e. The summed E-state index contributed by atoms with van der Waals surface area (Å²) in [5, 5.41) is 0. The van der Waals surface area contributed by atoms with Gasteiger partial charge in [-0.05, 0) is 51.3 Å². The van der Waals surface area contributed by atoms with Gasteiger partial charge in [-0.25, -0.2) is 4.39 Å². The van der Waals surface area contributed by atoms with Gasteiger partial charge in [-0.15, -0.1) is 11.8 Å². The summed E-state index contributed by atoms with van der Waals surface area (Å²) >= 11 is 2.58. The molecule has 0 saturated carbocycles. The Bertz CT molecular complexity index is 957. The van der Waals surface area contributed by atoms with Gasteiger partial charge in [-0.3, -0.25) is 9.59 Å². The maximum absolute atomic E-state index is 13.6. The standard InChI is InChI=1S/C21H28FN3O3S2/c1-3-28-11-10-25-17-8-7-16(22)12-18(17)30-21(25)23-19(26)13-29-14-20(27)24-9-5-4-6-15(24)2/h7-8,12,15H,3-6,9-11,13-14H2,1-2H3. The largest absolute Gasteiger partial charge is 0.380 e. The number of halogens is 1. The van der Waals surface area contributed by atoms with Crippen LogP contribution < -0.4 is 4.80 Å². The molecular weight excluding hydrogens is 425 g/mol. The van der Waals surface area contributed by atoms with Crippen LogP contribution in [0.3, 0.4) is 0 Å². The van der Waals surface area contributed by atoms with Gasteiger partial charge in [0, 0.05) is 25.7 Å². The van der Waals surface area contributed by atoms with Crippen molar-refractivity contribution in [2.45, 2.75) is 45.7 Å². The molecule has 1 saturated heterocycles. The zero-order chi connectivity index (χ0) is 21.5. The molecule has 1 atom stereocenters. The summed E-state index contributed by atoms with van der Waals surface area (Å²) in [6, 6.07) is 4.83. The number of hydrogen-bond donors (Lipinski definition) is 0. The first-order valence-corrected chi connectivity index (χ1v) is 12.3. The van der Waals surface area contributed by atoms with E-state index in [1.165, 1.54) is 35.2 Å². The second-order valence-electron chi connectivity index (χ2n) is 7.28. The third-order valence-electron chi connectivity index (χ3n) is 5.10. The van der Waals surface area contributed by atoms with Gasteiger partial charge in [0.2, 0.25) is 5.91 Å². The lowest BCUT2D eigenvalue weighted by molar-refractivity contribution is -0.131. The lowest BCUT2D eigenvalue weighted by Crippen LogP contribution is -2.43. The molecule has 2 aromatic rings. The van der Waals surface area contributed by atoms with Crippen molar-refractivity contribution < 1.29 is 18.7 Å². The fourth-order valence-electron chi connectivity index (χ4n) is 3.56. The number of amides is 2. The number of fused-ring (bicyclic) bond motifs is 1. The molecule has 1 aliphatic heterocycles. The lowest BCUT2D eigenvalue weighted by atomic mass is 10.0. The molecule has 9 heteroatoms. The Morgan fingerprint density at radius 3 is 2.93 bits per heavy atom. The summed E-state index contributed by atoms with van der Waals surface area (Å²) in [6.07, 6.45) is 3.25. The predicted octanol–water partition coefficient (Wildman–Crippen LogP) is 3.44. The number of thioether (sulfide) groups is 1. The van der Waals surface area contributed by atoms with Gasteiger partial charge in [0.1, 0.15) is 5.82 Å². The van der Waals surface area contributed by atoms with Gasteiger partial charge in [0.05, 0.1) is 28.3 Å². The molecule has 164 valence electrons. The molecule has 2 heterocycles. The highest BCUT2D eigenvalue weighted by atomic mass is 32.2. The highest BCUT2D eigenvalue weighted by Crippen LogP contribution is 2.19. The Labute approximate surface area is 184 Å². The molecule has 30 heavy (non-hydrogen) atoms. The smallest absolute Gasteiger partial charge is 0.258 e. The van der Waals surface area contributed by atoms with Crippen LogP contribution >= 0.6 is 23.1 Å². The number of ether oxygens (including phenoxy) is 1. The van der Waals surface area contributed by atoms with E-state index in [1.54, 1.807) is 6.07 Å². The molecule has 0 N–H and O–H groups in total. The molecule has 0 radical (unpaired) electrons. The van der Waals surface area contributed by atoms with E-state index in [9.17, 15) is 14.0 Å². The fourth-order valence-corrected chi connectivity index (χ4v) is 5.34. The van der Waals surface area contributed by atoms with Crippen LogP contribution in [0, 0.1) is 5.82 Å². The molecule has 1 fully saturated rings. The van der Waals surface area contributed by atoms with Crippen molar-refractivity contribution in [2.24, 2.45) is 4.99 Å². The summed E-state index contributed by atoms with van der Waals surface area (Å²) in [5.74, 6) is -0.101. The maximum atomic E-state index is 13.6. The molecule has 1 aromatic heterocycles. The van der Waals surface area contributed by atoms with E-state index >= 15 is 0 Å². The fraction of sp³-hybridized carbons (Fsp3) is 0.571. The van der Waals surface area contributed by atoms with E-state index in [0.717, 1.165) is 36.0 Å². The third kappa shape index (κ3) is 5.92. The average Bonchev–Trinajstić information content (AvgIpc) is 3.04. The molecule has 0 bridgehead atoms. The topological polar surface area (TPSA) is 63.9 Å². The van der Waals surface area contributed by atoms with Crippen LogP contribution in [0.15, 0.2) is 23.2 Å². The van der Waals surface area contributed by atoms with Crippen molar-refractivity contribution in [3.8, 4) is 0 Å². The molecule has 1 aliphatic rings. The number of rotatable bonds is 8. The Balaban J connectivity index is 1.66. The van der Waals surface area contributed by atoms with E-state index < -0.39 is 0 Å². The molecule has 6 nitrogen and oxygen atoms in total. The molecule has 1 unspecified atom stereocenters. The van der Waals surface area contributed by atoms with Crippen LogP contribution in [-0.4, -0.2) is 58.6 Å². The number of piperidine rings is 1. The van der Waals surface area contributed by atoms with Crippen LogP contribution in [0.4, 0.5) is 4.39 Å². The minimum absolute atomic E-state index is 0.0871. The molecule has 3 rings (SSSR count). The maximum Gasteiger partial charge on any atom is 0.258 e. The van der Waals surface area contributed by atoms with Crippen molar-refractivity contribution in [1.29, 1.82) is 0 Å². The van der Waals surface area contributed by atoms with Crippen molar-refractivity contribution in [3.05, 3.63) is 28.8 Å². The number of carbonyl (C=O) groups excluding carboxylic acids is 2. The third-order valence-corrected chi connectivity index (χ3v) is 7.05. The summed E-state index contributed by atoms with van der Waals surface area (Å²) in [5.41, 5.74) is 0.828. The average molecular weight is 454 g/mol. The number of nitrogens with zero attached hydrogens (tertiary/aromatic N) is 3. The number of aromatic nitrogens is 1. The first-order valence-electron chi connectivity index (χ1n) is 10.3. The van der Waals surface area contributed by atoms with Gasteiger partial charge in [-0.2, -0.15) is 4.99 Å². The second-order valence-corrected chi connectivity index (χ2v) is 9.27. The molecule has 2 amide bonds. The van der Waals surface area contributed by atoms with Gasteiger partial charge in [0.15, 0.2) is 4.80 Å². The molecular formula is C21H28FN3O3S2. The van der Waals surface area contributed by atoms with Crippen LogP contribution in [0.2, 0.25) is 0 Å².